The van der Waals surface area contributed by atoms with E-state index in [4.69, 9.17) is 10.00 Å². The number of nitrogens with zero attached hydrogens (tertiary/aromatic N) is 2. The maximum Gasteiger partial charge on any atom is 0.316 e. The molecule has 1 aromatic heterocycles. The van der Waals surface area contributed by atoms with Crippen LogP contribution in [0.5, 0.6) is 0 Å². The molecule has 0 saturated heterocycles. The fraction of sp³-hybridized carbons (Fsp3) is 0.500. The normalized spacial score (nSPS) is 13.5. The van der Waals surface area contributed by atoms with Crippen molar-refractivity contribution in [3.63, 3.8) is 0 Å². The molecule has 0 atom stereocenters. The first kappa shape index (κ1) is 13.9. The van der Waals surface area contributed by atoms with Gasteiger partial charge in [0.05, 0.1) is 17.9 Å². The lowest BCUT2D eigenvalue weighted by Crippen LogP contribution is -2.09. The van der Waals surface area contributed by atoms with Gasteiger partial charge in [-0.05, 0) is 44.2 Å². The van der Waals surface area contributed by atoms with E-state index in [-0.39, 0.29) is 11.7 Å². The second-order valence-electron chi connectivity index (χ2n) is 4.36. The van der Waals surface area contributed by atoms with E-state index in [0.717, 1.165) is 31.4 Å². The number of rotatable bonds is 4. The Morgan fingerprint density at radius 1 is 1.53 bits per heavy atom. The van der Waals surface area contributed by atoms with Gasteiger partial charge in [-0.1, -0.05) is 11.8 Å². The molecule has 1 aliphatic rings. The van der Waals surface area contributed by atoms with Crippen LogP contribution >= 0.6 is 11.8 Å². The third-order valence-electron chi connectivity index (χ3n) is 3.02. The second kappa shape index (κ2) is 6.58. The number of esters is 1. The molecular weight excluding hydrogens is 260 g/mol. The number of hydrogen-bond acceptors (Lipinski definition) is 5. The highest BCUT2D eigenvalue weighted by atomic mass is 32.2. The summed E-state index contributed by atoms with van der Waals surface area (Å²) in [4.78, 5) is 15.9. The van der Waals surface area contributed by atoms with Crippen molar-refractivity contribution in [2.75, 3.05) is 12.4 Å². The molecule has 0 spiro atoms. The topological polar surface area (TPSA) is 63.0 Å². The van der Waals surface area contributed by atoms with Gasteiger partial charge in [0.15, 0.2) is 0 Å². The van der Waals surface area contributed by atoms with Gasteiger partial charge in [-0.3, -0.25) is 4.79 Å². The third kappa shape index (κ3) is 3.48. The molecule has 1 aromatic rings. The second-order valence-corrected chi connectivity index (χ2v) is 5.32. The van der Waals surface area contributed by atoms with Crippen LogP contribution in [-0.4, -0.2) is 23.3 Å². The van der Waals surface area contributed by atoms with E-state index in [1.54, 1.807) is 6.92 Å². The predicted molar refractivity (Wildman–Crippen MR) is 73.0 cm³/mol. The largest absolute Gasteiger partial charge is 0.465 e. The number of pyridine rings is 1. The zero-order chi connectivity index (χ0) is 13.7. The van der Waals surface area contributed by atoms with Crippen molar-refractivity contribution in [3.8, 4) is 6.07 Å². The molecule has 5 heteroatoms. The van der Waals surface area contributed by atoms with Crippen LogP contribution < -0.4 is 0 Å². The van der Waals surface area contributed by atoms with Crippen molar-refractivity contribution >= 4 is 17.7 Å². The van der Waals surface area contributed by atoms with Crippen molar-refractivity contribution in [1.29, 1.82) is 5.26 Å². The summed E-state index contributed by atoms with van der Waals surface area (Å²) in [5, 5.41) is 9.82. The van der Waals surface area contributed by atoms with E-state index in [0.29, 0.717) is 17.2 Å². The Morgan fingerprint density at radius 2 is 2.32 bits per heavy atom. The predicted octanol–water partition coefficient (Wildman–Crippen LogP) is 2.49. The molecule has 0 radical (unpaired) electrons. The SMILES string of the molecule is CCOC(=O)CSc1nc2c(cc1C#N)CCCC2. The van der Waals surface area contributed by atoms with Crippen LogP contribution in [0.2, 0.25) is 0 Å². The first-order valence-electron chi connectivity index (χ1n) is 6.46. The van der Waals surface area contributed by atoms with Gasteiger partial charge in [-0.15, -0.1) is 0 Å². The summed E-state index contributed by atoms with van der Waals surface area (Å²) < 4.78 is 4.88. The third-order valence-corrected chi connectivity index (χ3v) is 3.98. The summed E-state index contributed by atoms with van der Waals surface area (Å²) in [6.07, 6.45) is 4.27. The summed E-state index contributed by atoms with van der Waals surface area (Å²) in [7, 11) is 0. The molecule has 0 aromatic carbocycles. The molecule has 0 N–H and O–H groups in total. The Bertz CT molecular complexity index is 523. The maximum absolute atomic E-state index is 11.4. The van der Waals surface area contributed by atoms with E-state index in [2.05, 4.69) is 11.1 Å². The Balaban J connectivity index is 2.15. The van der Waals surface area contributed by atoms with E-state index < -0.39 is 0 Å². The van der Waals surface area contributed by atoms with Gasteiger partial charge < -0.3 is 4.74 Å². The minimum Gasteiger partial charge on any atom is -0.465 e. The monoisotopic (exact) mass is 276 g/mol. The minimum absolute atomic E-state index is 0.203. The maximum atomic E-state index is 11.4. The van der Waals surface area contributed by atoms with Crippen molar-refractivity contribution in [2.45, 2.75) is 37.6 Å². The standard InChI is InChI=1S/C14H16N2O2S/c1-2-18-13(17)9-19-14-11(8-15)7-10-5-3-4-6-12(10)16-14/h7H,2-6,9H2,1H3. The fourth-order valence-electron chi connectivity index (χ4n) is 2.13. The highest BCUT2D eigenvalue weighted by Crippen LogP contribution is 2.27. The molecule has 0 bridgehead atoms. The van der Waals surface area contributed by atoms with Crippen LogP contribution in [0.1, 0.15) is 36.6 Å². The van der Waals surface area contributed by atoms with Crippen molar-refractivity contribution in [1.82, 2.24) is 4.98 Å². The number of hydrogen-bond donors (Lipinski definition) is 0. The molecule has 0 aliphatic heterocycles. The van der Waals surface area contributed by atoms with Crippen LogP contribution in [0, 0.1) is 11.3 Å². The molecule has 19 heavy (non-hydrogen) atoms. The lowest BCUT2D eigenvalue weighted by Gasteiger charge is -2.16. The first-order chi connectivity index (χ1) is 9.24. The van der Waals surface area contributed by atoms with E-state index in [9.17, 15) is 4.79 Å². The summed E-state index contributed by atoms with van der Waals surface area (Å²) in [6.45, 7) is 2.16. The highest BCUT2D eigenvalue weighted by Gasteiger charge is 2.16. The number of carbonyl (C=O) groups excluding carboxylic acids is 1. The van der Waals surface area contributed by atoms with Crippen molar-refractivity contribution in [2.24, 2.45) is 0 Å². The van der Waals surface area contributed by atoms with Crippen LogP contribution in [-0.2, 0) is 22.4 Å². The van der Waals surface area contributed by atoms with Gasteiger partial charge in [0.2, 0.25) is 0 Å². The zero-order valence-electron chi connectivity index (χ0n) is 10.9. The van der Waals surface area contributed by atoms with Crippen LogP contribution in [0.25, 0.3) is 0 Å². The number of thioether (sulfide) groups is 1. The van der Waals surface area contributed by atoms with Crippen LogP contribution in [0.3, 0.4) is 0 Å². The minimum atomic E-state index is -0.268. The Morgan fingerprint density at radius 3 is 3.05 bits per heavy atom. The molecule has 1 aliphatic carbocycles. The van der Waals surface area contributed by atoms with Gasteiger partial charge >= 0.3 is 5.97 Å². The van der Waals surface area contributed by atoms with Gasteiger partial charge in [0.1, 0.15) is 11.1 Å². The summed E-state index contributed by atoms with van der Waals surface area (Å²) in [6, 6.07) is 4.09. The van der Waals surface area contributed by atoms with Gasteiger partial charge in [-0.25, -0.2) is 4.98 Å². The number of nitriles is 1. The molecule has 1 heterocycles. The summed E-state index contributed by atoms with van der Waals surface area (Å²) in [5.74, 6) is -0.0650. The highest BCUT2D eigenvalue weighted by molar-refractivity contribution is 7.99. The number of ether oxygens (including phenoxy) is 1. The molecular formula is C14H16N2O2S. The molecule has 4 nitrogen and oxygen atoms in total. The smallest absolute Gasteiger partial charge is 0.316 e. The van der Waals surface area contributed by atoms with E-state index in [1.165, 1.54) is 17.3 Å². The summed E-state index contributed by atoms with van der Waals surface area (Å²) in [5.41, 5.74) is 2.83. The van der Waals surface area contributed by atoms with Crippen molar-refractivity contribution < 1.29 is 9.53 Å². The quantitative estimate of drug-likeness (QED) is 0.624. The number of carbonyl (C=O) groups is 1. The summed E-state index contributed by atoms with van der Waals surface area (Å²) >= 11 is 1.28. The fourth-order valence-corrected chi connectivity index (χ4v) is 2.91. The Labute approximate surface area is 117 Å². The van der Waals surface area contributed by atoms with Gasteiger partial charge in [0.25, 0.3) is 0 Å². The molecule has 0 saturated carbocycles. The Kier molecular flexibility index (Phi) is 4.80. The van der Waals surface area contributed by atoms with Gasteiger partial charge in [-0.2, -0.15) is 5.26 Å². The molecule has 2 rings (SSSR count). The zero-order valence-corrected chi connectivity index (χ0v) is 11.8. The van der Waals surface area contributed by atoms with Gasteiger partial charge in [0, 0.05) is 5.69 Å². The van der Waals surface area contributed by atoms with Crippen LogP contribution in [0.4, 0.5) is 0 Å². The molecule has 100 valence electrons. The lowest BCUT2D eigenvalue weighted by atomic mass is 9.95. The van der Waals surface area contributed by atoms with E-state index >= 15 is 0 Å². The Hall–Kier alpha value is -1.54. The number of aryl methyl sites for hydroxylation is 2. The average molecular weight is 276 g/mol. The molecule has 0 fully saturated rings. The van der Waals surface area contributed by atoms with Crippen LogP contribution in [0.15, 0.2) is 11.1 Å². The molecule has 0 amide bonds. The van der Waals surface area contributed by atoms with Crippen molar-refractivity contribution in [3.05, 3.63) is 22.9 Å². The molecule has 0 unspecified atom stereocenters. The number of aromatic nitrogens is 1. The van der Waals surface area contributed by atoms with E-state index in [1.807, 2.05) is 6.07 Å². The number of fused-ring (bicyclic) bond motifs is 1. The first-order valence-corrected chi connectivity index (χ1v) is 7.44. The lowest BCUT2D eigenvalue weighted by molar-refractivity contribution is -0.139. The average Bonchev–Trinajstić information content (AvgIpc) is 2.44.